The molecule has 1 heterocycles. The van der Waals surface area contributed by atoms with Gasteiger partial charge in [-0.1, -0.05) is 36.2 Å². The van der Waals surface area contributed by atoms with E-state index < -0.39 is 0 Å². The summed E-state index contributed by atoms with van der Waals surface area (Å²) >= 11 is 7.75. The lowest BCUT2D eigenvalue weighted by Crippen LogP contribution is -2.27. The summed E-state index contributed by atoms with van der Waals surface area (Å²) in [4.78, 5) is 2.57. The van der Waals surface area contributed by atoms with E-state index in [1.165, 1.54) is 20.9 Å². The summed E-state index contributed by atoms with van der Waals surface area (Å²) in [7, 11) is 0. The average molecular weight is 320 g/mol. The van der Waals surface area contributed by atoms with E-state index in [0.29, 0.717) is 6.04 Å². The molecule has 2 rings (SSSR count). The fraction of sp³-hybridized carbons (Fsp3) is 0.333. The van der Waals surface area contributed by atoms with E-state index in [0.717, 1.165) is 18.0 Å². The molecule has 0 bridgehead atoms. The summed E-state index contributed by atoms with van der Waals surface area (Å²) < 4.78 is 0. The fourth-order valence-corrected chi connectivity index (χ4v) is 3.22. The highest BCUT2D eigenvalue weighted by Crippen LogP contribution is 2.30. The lowest BCUT2D eigenvalue weighted by molar-refractivity contribution is 0.604. The minimum Gasteiger partial charge on any atom is -0.311 e. The Morgan fingerprint density at radius 2 is 1.95 bits per heavy atom. The quantitative estimate of drug-likeness (QED) is 0.703. The lowest BCUT2D eigenvalue weighted by atomic mass is 10.1. The standard InChI is InChI=1S/C18H22ClNS/c1-4-11-20-14(3)13(2)12-17-9-10-18(21-17)15-5-7-16(19)8-6-15/h5-10,12,14,20H,4,11H2,1-3H3/b13-12+. The van der Waals surface area contributed by atoms with Gasteiger partial charge in [0.2, 0.25) is 0 Å². The first-order valence-corrected chi connectivity index (χ1v) is 8.57. The minimum absolute atomic E-state index is 0.422. The number of halogens is 1. The molecule has 0 aliphatic rings. The van der Waals surface area contributed by atoms with Gasteiger partial charge in [-0.3, -0.25) is 0 Å². The molecule has 0 fully saturated rings. The molecule has 0 spiro atoms. The van der Waals surface area contributed by atoms with Crippen molar-refractivity contribution in [1.82, 2.24) is 5.32 Å². The maximum Gasteiger partial charge on any atom is 0.0406 e. The molecule has 0 radical (unpaired) electrons. The van der Waals surface area contributed by atoms with Gasteiger partial charge in [-0.2, -0.15) is 0 Å². The van der Waals surface area contributed by atoms with E-state index in [1.54, 1.807) is 0 Å². The van der Waals surface area contributed by atoms with Crippen LogP contribution < -0.4 is 5.32 Å². The summed E-state index contributed by atoms with van der Waals surface area (Å²) in [5, 5.41) is 4.30. The van der Waals surface area contributed by atoms with Crippen LogP contribution in [-0.4, -0.2) is 12.6 Å². The van der Waals surface area contributed by atoms with Crippen LogP contribution in [0.5, 0.6) is 0 Å². The third-order valence-corrected chi connectivity index (χ3v) is 4.84. The van der Waals surface area contributed by atoms with Crippen molar-refractivity contribution in [2.24, 2.45) is 0 Å². The average Bonchev–Trinajstić information content (AvgIpc) is 2.93. The zero-order valence-corrected chi connectivity index (χ0v) is 14.4. The Labute approximate surface area is 136 Å². The number of hydrogen-bond acceptors (Lipinski definition) is 2. The molecule has 1 N–H and O–H groups in total. The number of thiophene rings is 1. The Hall–Kier alpha value is -1.09. The van der Waals surface area contributed by atoms with Gasteiger partial charge in [0.05, 0.1) is 0 Å². The van der Waals surface area contributed by atoms with Gasteiger partial charge in [-0.25, -0.2) is 0 Å². The van der Waals surface area contributed by atoms with Crippen LogP contribution in [0.4, 0.5) is 0 Å². The van der Waals surface area contributed by atoms with Gasteiger partial charge >= 0.3 is 0 Å². The van der Waals surface area contributed by atoms with Crippen molar-refractivity contribution in [3.05, 3.63) is 51.9 Å². The summed E-state index contributed by atoms with van der Waals surface area (Å²) in [6, 6.07) is 12.8. The van der Waals surface area contributed by atoms with Crippen molar-refractivity contribution >= 4 is 29.0 Å². The first-order valence-electron chi connectivity index (χ1n) is 7.37. The molecule has 112 valence electrons. The summed E-state index contributed by atoms with van der Waals surface area (Å²) in [5.41, 5.74) is 2.59. The van der Waals surface area contributed by atoms with E-state index in [1.807, 2.05) is 23.5 Å². The van der Waals surface area contributed by atoms with Crippen molar-refractivity contribution in [3.63, 3.8) is 0 Å². The second-order valence-corrected chi connectivity index (χ2v) is 6.82. The summed E-state index contributed by atoms with van der Waals surface area (Å²) in [5.74, 6) is 0. The fourth-order valence-electron chi connectivity index (χ4n) is 2.07. The Balaban J connectivity index is 2.10. The maximum atomic E-state index is 5.94. The zero-order valence-electron chi connectivity index (χ0n) is 12.8. The molecule has 1 aromatic carbocycles. The van der Waals surface area contributed by atoms with E-state index >= 15 is 0 Å². The Kier molecular flexibility index (Phi) is 6.04. The van der Waals surface area contributed by atoms with E-state index in [2.05, 4.69) is 56.4 Å². The highest BCUT2D eigenvalue weighted by molar-refractivity contribution is 7.16. The van der Waals surface area contributed by atoms with Gasteiger partial charge in [-0.05, 0) is 62.7 Å². The predicted molar refractivity (Wildman–Crippen MR) is 96.2 cm³/mol. The van der Waals surface area contributed by atoms with E-state index in [-0.39, 0.29) is 0 Å². The van der Waals surface area contributed by atoms with Crippen LogP contribution in [0.25, 0.3) is 16.5 Å². The van der Waals surface area contributed by atoms with Crippen LogP contribution in [0, 0.1) is 0 Å². The Morgan fingerprint density at radius 3 is 2.62 bits per heavy atom. The van der Waals surface area contributed by atoms with E-state index in [4.69, 9.17) is 11.6 Å². The predicted octanol–water partition coefficient (Wildman–Crippen LogP) is 5.86. The third kappa shape index (κ3) is 4.70. The molecule has 1 atom stereocenters. The largest absolute Gasteiger partial charge is 0.311 e. The normalized spacial score (nSPS) is 13.4. The molecule has 0 saturated heterocycles. The molecular weight excluding hydrogens is 298 g/mol. The van der Waals surface area contributed by atoms with Gasteiger partial charge in [-0.15, -0.1) is 11.3 Å². The molecular formula is C18H22ClNS. The summed E-state index contributed by atoms with van der Waals surface area (Å²) in [6.07, 6.45) is 3.44. The van der Waals surface area contributed by atoms with Crippen LogP contribution in [0.1, 0.15) is 32.1 Å². The van der Waals surface area contributed by atoms with Gasteiger partial charge in [0, 0.05) is 20.8 Å². The van der Waals surface area contributed by atoms with Crippen molar-refractivity contribution < 1.29 is 0 Å². The lowest BCUT2D eigenvalue weighted by Gasteiger charge is -2.13. The van der Waals surface area contributed by atoms with E-state index in [9.17, 15) is 0 Å². The van der Waals surface area contributed by atoms with Crippen LogP contribution in [-0.2, 0) is 0 Å². The second kappa shape index (κ2) is 7.79. The zero-order chi connectivity index (χ0) is 15.2. The summed E-state index contributed by atoms with van der Waals surface area (Å²) in [6.45, 7) is 7.66. The number of rotatable bonds is 6. The van der Waals surface area contributed by atoms with Gasteiger partial charge in [0.25, 0.3) is 0 Å². The van der Waals surface area contributed by atoms with Crippen molar-refractivity contribution in [1.29, 1.82) is 0 Å². The van der Waals surface area contributed by atoms with Crippen LogP contribution in [0.2, 0.25) is 5.02 Å². The molecule has 1 nitrogen and oxygen atoms in total. The number of benzene rings is 1. The second-order valence-electron chi connectivity index (χ2n) is 5.27. The molecule has 0 amide bonds. The first kappa shape index (κ1) is 16.3. The third-order valence-electron chi connectivity index (χ3n) is 3.51. The van der Waals surface area contributed by atoms with Crippen molar-refractivity contribution in [2.45, 2.75) is 33.2 Å². The number of hydrogen-bond donors (Lipinski definition) is 1. The molecule has 21 heavy (non-hydrogen) atoms. The van der Waals surface area contributed by atoms with Gasteiger partial charge in [0.1, 0.15) is 0 Å². The molecule has 1 unspecified atom stereocenters. The highest BCUT2D eigenvalue weighted by atomic mass is 35.5. The smallest absolute Gasteiger partial charge is 0.0406 e. The van der Waals surface area contributed by atoms with Crippen LogP contribution in [0.3, 0.4) is 0 Å². The Bertz CT molecular complexity index is 598. The molecule has 2 aromatic rings. The SMILES string of the molecule is CCCNC(C)/C(C)=C/c1ccc(-c2ccc(Cl)cc2)s1. The topological polar surface area (TPSA) is 12.0 Å². The Morgan fingerprint density at radius 1 is 1.24 bits per heavy atom. The highest BCUT2D eigenvalue weighted by Gasteiger charge is 2.05. The minimum atomic E-state index is 0.422. The van der Waals surface area contributed by atoms with Gasteiger partial charge in [0.15, 0.2) is 0 Å². The van der Waals surface area contributed by atoms with Crippen LogP contribution >= 0.6 is 22.9 Å². The van der Waals surface area contributed by atoms with Gasteiger partial charge < -0.3 is 5.32 Å². The van der Waals surface area contributed by atoms with Crippen molar-refractivity contribution in [2.75, 3.05) is 6.54 Å². The van der Waals surface area contributed by atoms with Crippen molar-refractivity contribution in [3.8, 4) is 10.4 Å². The monoisotopic (exact) mass is 319 g/mol. The molecule has 0 aliphatic carbocycles. The molecule has 0 saturated carbocycles. The molecule has 0 aliphatic heterocycles. The van der Waals surface area contributed by atoms with Crippen LogP contribution in [0.15, 0.2) is 42.0 Å². The first-order chi connectivity index (χ1) is 10.1. The number of nitrogens with one attached hydrogen (secondary N) is 1. The molecule has 1 aromatic heterocycles. The maximum absolute atomic E-state index is 5.94. The molecule has 3 heteroatoms.